The van der Waals surface area contributed by atoms with Gasteiger partial charge in [-0.15, -0.1) is 0 Å². The lowest BCUT2D eigenvalue weighted by Crippen LogP contribution is -2.37. The zero-order valence-electron chi connectivity index (χ0n) is 12.9. The summed E-state index contributed by atoms with van der Waals surface area (Å²) < 4.78 is 13.0. The summed E-state index contributed by atoms with van der Waals surface area (Å²) in [5, 5.41) is 13.1. The smallest absolute Gasteiger partial charge is 0.270 e. The second kappa shape index (κ2) is 6.52. The van der Waals surface area contributed by atoms with Crippen molar-refractivity contribution < 1.29 is 23.7 Å². The first kappa shape index (κ1) is 17.5. The lowest BCUT2D eigenvalue weighted by molar-refractivity contribution is -0.384. The quantitative estimate of drug-likeness (QED) is 0.500. The molecule has 132 valence electrons. The number of rotatable bonds is 4. The maximum absolute atomic E-state index is 13.0. The van der Waals surface area contributed by atoms with Crippen LogP contribution in [-0.4, -0.2) is 34.1 Å². The molecule has 0 saturated heterocycles. The molecule has 1 aliphatic rings. The van der Waals surface area contributed by atoms with E-state index in [1.54, 1.807) is 0 Å². The Balaban J connectivity index is 1.78. The van der Waals surface area contributed by atoms with Gasteiger partial charge in [-0.2, -0.15) is 0 Å². The molecule has 0 atom stereocenters. The highest BCUT2D eigenvalue weighted by molar-refractivity contribution is 6.33. The number of nitrogens with one attached hydrogen (secondary N) is 1. The predicted octanol–water partition coefficient (Wildman–Crippen LogP) is 2.62. The minimum atomic E-state index is -0.811. The van der Waals surface area contributed by atoms with Crippen molar-refractivity contribution in [2.24, 2.45) is 0 Å². The van der Waals surface area contributed by atoms with E-state index in [1.807, 2.05) is 0 Å². The van der Waals surface area contributed by atoms with Gasteiger partial charge in [0, 0.05) is 12.1 Å². The van der Waals surface area contributed by atoms with Gasteiger partial charge in [0.15, 0.2) is 0 Å². The molecule has 1 N–H and O–H groups in total. The molecule has 10 heteroatoms. The average molecular weight is 378 g/mol. The summed E-state index contributed by atoms with van der Waals surface area (Å²) in [6, 6.07) is 6.58. The maximum Gasteiger partial charge on any atom is 0.270 e. The third kappa shape index (κ3) is 3.11. The van der Waals surface area contributed by atoms with E-state index < -0.39 is 35.0 Å². The molecule has 0 fully saturated rings. The number of hydrogen-bond donors (Lipinski definition) is 1. The van der Waals surface area contributed by atoms with Crippen LogP contribution in [0.25, 0.3) is 0 Å². The second-order valence-electron chi connectivity index (χ2n) is 5.36. The molecule has 8 nitrogen and oxygen atoms in total. The Bertz CT molecular complexity index is 978. The van der Waals surface area contributed by atoms with Crippen LogP contribution in [0, 0.1) is 15.9 Å². The molecule has 0 aliphatic carbocycles. The summed E-state index contributed by atoms with van der Waals surface area (Å²) in [5.41, 5.74) is -0.385. The van der Waals surface area contributed by atoms with E-state index in [9.17, 15) is 28.9 Å². The predicted molar refractivity (Wildman–Crippen MR) is 88.5 cm³/mol. The van der Waals surface area contributed by atoms with Gasteiger partial charge in [-0.3, -0.25) is 29.4 Å². The topological polar surface area (TPSA) is 110 Å². The van der Waals surface area contributed by atoms with Crippen molar-refractivity contribution in [3.63, 3.8) is 0 Å². The van der Waals surface area contributed by atoms with Crippen molar-refractivity contribution in [1.29, 1.82) is 0 Å². The Hall–Kier alpha value is -3.33. The fourth-order valence-corrected chi connectivity index (χ4v) is 2.67. The molecule has 0 saturated carbocycles. The van der Waals surface area contributed by atoms with E-state index in [4.69, 9.17) is 11.6 Å². The Kier molecular flexibility index (Phi) is 4.39. The number of carbonyl (C=O) groups excluding carboxylic acids is 3. The molecular formula is C16H9ClFN3O5. The lowest BCUT2D eigenvalue weighted by Gasteiger charge is -2.14. The standard InChI is InChI=1S/C16H9ClFN3O5/c17-12-5-8(18)1-4-13(12)19-14(22)7-20-15(23)10-3-2-9(21(25)26)6-11(10)16(20)24/h1-6H,7H2,(H,19,22). The zero-order valence-corrected chi connectivity index (χ0v) is 13.6. The van der Waals surface area contributed by atoms with Crippen LogP contribution in [0.15, 0.2) is 36.4 Å². The van der Waals surface area contributed by atoms with Crippen LogP contribution in [0.4, 0.5) is 15.8 Å². The van der Waals surface area contributed by atoms with Crippen LogP contribution in [0.1, 0.15) is 20.7 Å². The van der Waals surface area contributed by atoms with Crippen LogP contribution in [0.2, 0.25) is 5.02 Å². The van der Waals surface area contributed by atoms with Crippen LogP contribution in [0.3, 0.4) is 0 Å². The van der Waals surface area contributed by atoms with E-state index in [-0.39, 0.29) is 27.5 Å². The number of amides is 3. The van der Waals surface area contributed by atoms with Crippen LogP contribution < -0.4 is 5.32 Å². The van der Waals surface area contributed by atoms with Crippen molar-refractivity contribution in [3.8, 4) is 0 Å². The van der Waals surface area contributed by atoms with Gasteiger partial charge in [-0.05, 0) is 24.3 Å². The van der Waals surface area contributed by atoms with Crippen molar-refractivity contribution in [1.82, 2.24) is 4.90 Å². The summed E-state index contributed by atoms with van der Waals surface area (Å²) >= 11 is 5.80. The fraction of sp³-hybridized carbons (Fsp3) is 0.0625. The third-order valence-electron chi connectivity index (χ3n) is 3.67. The minimum Gasteiger partial charge on any atom is -0.323 e. The molecule has 0 unspecified atom stereocenters. The largest absolute Gasteiger partial charge is 0.323 e. The van der Waals surface area contributed by atoms with Crippen LogP contribution in [0.5, 0.6) is 0 Å². The van der Waals surface area contributed by atoms with Gasteiger partial charge in [0.25, 0.3) is 17.5 Å². The van der Waals surface area contributed by atoms with E-state index in [0.29, 0.717) is 4.90 Å². The molecule has 1 aliphatic heterocycles. The number of halogens is 2. The second-order valence-corrected chi connectivity index (χ2v) is 5.76. The SMILES string of the molecule is O=C(CN1C(=O)c2ccc([N+](=O)[O-])cc2C1=O)Nc1ccc(F)cc1Cl. The normalized spacial score (nSPS) is 12.9. The summed E-state index contributed by atoms with van der Waals surface area (Å²) in [7, 11) is 0. The number of anilines is 1. The summed E-state index contributed by atoms with van der Waals surface area (Å²) in [5.74, 6) is -2.87. The Labute approximate surface area is 150 Å². The van der Waals surface area contributed by atoms with Gasteiger partial charge < -0.3 is 5.32 Å². The molecule has 26 heavy (non-hydrogen) atoms. The molecule has 2 aromatic carbocycles. The summed E-state index contributed by atoms with van der Waals surface area (Å²) in [4.78, 5) is 47.5. The summed E-state index contributed by atoms with van der Waals surface area (Å²) in [6.07, 6.45) is 0. The molecular weight excluding hydrogens is 369 g/mol. The number of imide groups is 1. The van der Waals surface area contributed by atoms with Gasteiger partial charge in [-0.25, -0.2) is 4.39 Å². The van der Waals surface area contributed by atoms with Gasteiger partial charge >= 0.3 is 0 Å². The number of carbonyl (C=O) groups is 3. The highest BCUT2D eigenvalue weighted by Crippen LogP contribution is 2.27. The molecule has 0 aromatic heterocycles. The van der Waals surface area contributed by atoms with E-state index in [2.05, 4.69) is 5.32 Å². The molecule has 1 heterocycles. The Morgan fingerprint density at radius 1 is 1.15 bits per heavy atom. The molecule has 0 spiro atoms. The van der Waals surface area contributed by atoms with Gasteiger partial charge in [0.05, 0.1) is 26.8 Å². The Morgan fingerprint density at radius 2 is 1.85 bits per heavy atom. The molecule has 0 radical (unpaired) electrons. The lowest BCUT2D eigenvalue weighted by atomic mass is 10.1. The Morgan fingerprint density at radius 3 is 2.50 bits per heavy atom. The number of nitrogens with zero attached hydrogens (tertiary/aromatic N) is 2. The third-order valence-corrected chi connectivity index (χ3v) is 3.98. The molecule has 3 rings (SSSR count). The van der Waals surface area contributed by atoms with Crippen molar-refractivity contribution in [2.45, 2.75) is 0 Å². The minimum absolute atomic E-state index is 0.0202. The van der Waals surface area contributed by atoms with Gasteiger partial charge in [0.2, 0.25) is 5.91 Å². The van der Waals surface area contributed by atoms with Gasteiger partial charge in [-0.1, -0.05) is 11.6 Å². The molecule has 0 bridgehead atoms. The van der Waals surface area contributed by atoms with Crippen molar-refractivity contribution in [3.05, 3.63) is 68.5 Å². The van der Waals surface area contributed by atoms with Gasteiger partial charge in [0.1, 0.15) is 12.4 Å². The number of nitro groups is 1. The van der Waals surface area contributed by atoms with Crippen LogP contribution >= 0.6 is 11.6 Å². The first-order valence-corrected chi connectivity index (χ1v) is 7.55. The number of non-ortho nitro benzene ring substituents is 1. The monoisotopic (exact) mass is 377 g/mol. The van der Waals surface area contributed by atoms with Crippen LogP contribution in [-0.2, 0) is 4.79 Å². The number of hydrogen-bond acceptors (Lipinski definition) is 5. The highest BCUT2D eigenvalue weighted by atomic mass is 35.5. The molecule has 3 amide bonds. The van der Waals surface area contributed by atoms with E-state index >= 15 is 0 Å². The first-order chi connectivity index (χ1) is 12.3. The fourth-order valence-electron chi connectivity index (χ4n) is 2.46. The van der Waals surface area contributed by atoms with E-state index in [0.717, 1.165) is 24.3 Å². The zero-order chi connectivity index (χ0) is 19.0. The first-order valence-electron chi connectivity index (χ1n) is 7.17. The van der Waals surface area contributed by atoms with E-state index in [1.165, 1.54) is 12.1 Å². The number of benzene rings is 2. The average Bonchev–Trinajstić information content (AvgIpc) is 2.82. The molecule has 2 aromatic rings. The van der Waals surface area contributed by atoms with Crippen molar-refractivity contribution in [2.75, 3.05) is 11.9 Å². The number of fused-ring (bicyclic) bond motifs is 1. The maximum atomic E-state index is 13.0. The highest BCUT2D eigenvalue weighted by Gasteiger charge is 2.37. The summed E-state index contributed by atoms with van der Waals surface area (Å²) in [6.45, 7) is -0.617. The van der Waals surface area contributed by atoms with Crippen molar-refractivity contribution >= 4 is 40.7 Å². The number of nitro benzene ring substituents is 1.